The highest BCUT2D eigenvalue weighted by molar-refractivity contribution is 5.81. The first-order chi connectivity index (χ1) is 21.7. The van der Waals surface area contributed by atoms with E-state index in [2.05, 4.69) is 17.2 Å². The van der Waals surface area contributed by atoms with Gasteiger partial charge in [0.25, 0.3) is 0 Å². The molecule has 1 saturated heterocycles. The van der Waals surface area contributed by atoms with Crippen molar-refractivity contribution >= 4 is 11.6 Å². The summed E-state index contributed by atoms with van der Waals surface area (Å²) in [6.07, 6.45) is -6.55. The van der Waals surface area contributed by atoms with E-state index in [1.165, 1.54) is 11.8 Å². The minimum atomic E-state index is -5.16. The van der Waals surface area contributed by atoms with Gasteiger partial charge in [0.1, 0.15) is 5.60 Å². The molecule has 1 aliphatic carbocycles. The second-order valence-electron chi connectivity index (χ2n) is 12.4. The van der Waals surface area contributed by atoms with Crippen LogP contribution in [-0.2, 0) is 22.7 Å². The summed E-state index contributed by atoms with van der Waals surface area (Å²) in [4.78, 5) is 15.0. The van der Waals surface area contributed by atoms with Gasteiger partial charge in [-0.3, -0.25) is 4.79 Å². The van der Waals surface area contributed by atoms with Crippen LogP contribution in [0, 0.1) is 17.8 Å². The number of nitrogens with one attached hydrogen (secondary N) is 1. The van der Waals surface area contributed by atoms with Crippen LogP contribution in [0.15, 0.2) is 72.8 Å². The maximum Gasteiger partial charge on any atom is 0.418 e. The van der Waals surface area contributed by atoms with Crippen molar-refractivity contribution in [2.45, 2.75) is 75.4 Å². The monoisotopic (exact) mass is 642 g/mol. The number of carbonyl (C=O) groups excluding carboxylic acids is 1. The van der Waals surface area contributed by atoms with E-state index in [1.807, 2.05) is 6.07 Å². The topological polar surface area (TPSA) is 52.6 Å². The lowest BCUT2D eigenvalue weighted by molar-refractivity contribution is -0.142. The number of halogens is 6. The Balaban J connectivity index is 1.64. The molecule has 244 valence electrons. The molecule has 0 bridgehead atoms. The quantitative estimate of drug-likeness (QED) is 0.219. The average Bonchev–Trinajstić information content (AvgIpc) is 3.04. The van der Waals surface area contributed by atoms with E-state index in [-0.39, 0.29) is 37.6 Å². The molecule has 1 unspecified atom stereocenters. The lowest BCUT2D eigenvalue weighted by Gasteiger charge is -2.42. The first-order valence-corrected chi connectivity index (χ1v) is 15.5. The summed E-state index contributed by atoms with van der Waals surface area (Å²) < 4.78 is 87.2. The van der Waals surface area contributed by atoms with Gasteiger partial charge in [-0.25, -0.2) is 0 Å². The molecule has 5 rings (SSSR count). The largest absolute Gasteiger partial charge is 0.418 e. The standard InChI is InChI=1S/C36H36F6N2O2/c1-33(27-15-9-4-10-16-27,43-32(45)26-13-7-3-8-14-26)29-23-28(35(37,38)39)24-30(36(40,41)42)31(29)44-21-19-34(46,20-22-44)18-17-25-11-5-2-6-12-25/h2,4-6,9-12,15-16,23-24,26,46H,3,7-8,13-14,19-22H2,1H3,(H,43,45). The number of amides is 1. The first kappa shape index (κ1) is 33.4. The number of hydrogen-bond acceptors (Lipinski definition) is 3. The fourth-order valence-electron chi connectivity index (χ4n) is 6.45. The number of benzene rings is 3. The van der Waals surface area contributed by atoms with Crippen molar-refractivity contribution in [1.82, 2.24) is 5.32 Å². The van der Waals surface area contributed by atoms with Crippen LogP contribution in [0.1, 0.15) is 79.7 Å². The highest BCUT2D eigenvalue weighted by atomic mass is 19.4. The lowest BCUT2D eigenvalue weighted by atomic mass is 9.79. The van der Waals surface area contributed by atoms with E-state index in [0.717, 1.165) is 25.3 Å². The molecular formula is C36H36F6N2O2. The number of anilines is 1. The molecule has 2 N–H and O–H groups in total. The molecular weight excluding hydrogens is 606 g/mol. The Morgan fingerprint density at radius 1 is 0.826 bits per heavy atom. The Morgan fingerprint density at radius 2 is 1.39 bits per heavy atom. The van der Waals surface area contributed by atoms with Crippen LogP contribution in [0.2, 0.25) is 0 Å². The van der Waals surface area contributed by atoms with Crippen LogP contribution in [0.5, 0.6) is 0 Å². The summed E-state index contributed by atoms with van der Waals surface area (Å²) in [5.74, 6) is 4.94. The Bertz CT molecular complexity index is 1580. The fourth-order valence-corrected chi connectivity index (χ4v) is 6.45. The van der Waals surface area contributed by atoms with E-state index in [9.17, 15) is 36.2 Å². The smallest absolute Gasteiger partial charge is 0.377 e. The van der Waals surface area contributed by atoms with Gasteiger partial charge in [0.05, 0.1) is 22.4 Å². The van der Waals surface area contributed by atoms with Crippen molar-refractivity contribution in [2.75, 3.05) is 18.0 Å². The van der Waals surface area contributed by atoms with Gasteiger partial charge in [0.2, 0.25) is 5.91 Å². The maximum absolute atomic E-state index is 14.8. The molecule has 2 fully saturated rings. The summed E-state index contributed by atoms with van der Waals surface area (Å²) >= 11 is 0. The van der Waals surface area contributed by atoms with E-state index < -0.39 is 52.1 Å². The van der Waals surface area contributed by atoms with Crippen molar-refractivity contribution in [2.24, 2.45) is 5.92 Å². The number of hydrogen-bond donors (Lipinski definition) is 2. The molecule has 0 aromatic heterocycles. The summed E-state index contributed by atoms with van der Waals surface area (Å²) in [5.41, 5.74) is -5.94. The van der Waals surface area contributed by atoms with Crippen LogP contribution in [0.25, 0.3) is 0 Å². The van der Waals surface area contributed by atoms with Gasteiger partial charge >= 0.3 is 12.4 Å². The minimum absolute atomic E-state index is 0.0406. The van der Waals surface area contributed by atoms with Crippen molar-refractivity contribution in [3.8, 4) is 11.8 Å². The molecule has 2 aliphatic rings. The molecule has 3 aromatic rings. The zero-order valence-electron chi connectivity index (χ0n) is 25.4. The van der Waals surface area contributed by atoms with Crippen LogP contribution >= 0.6 is 0 Å². The van der Waals surface area contributed by atoms with Gasteiger partial charge in [0.15, 0.2) is 0 Å². The van der Waals surface area contributed by atoms with E-state index in [1.54, 1.807) is 54.6 Å². The highest BCUT2D eigenvalue weighted by Crippen LogP contribution is 2.48. The number of alkyl halides is 6. The summed E-state index contributed by atoms with van der Waals surface area (Å²) in [7, 11) is 0. The lowest BCUT2D eigenvalue weighted by Crippen LogP contribution is -2.50. The molecule has 46 heavy (non-hydrogen) atoms. The zero-order valence-corrected chi connectivity index (χ0v) is 25.4. The Hall–Kier alpha value is -3.97. The normalized spacial score (nSPS) is 18.7. The average molecular weight is 643 g/mol. The predicted octanol–water partition coefficient (Wildman–Crippen LogP) is 8.07. The van der Waals surface area contributed by atoms with Crippen LogP contribution in [0.4, 0.5) is 32.0 Å². The molecule has 10 heteroatoms. The zero-order chi connectivity index (χ0) is 33.2. The summed E-state index contributed by atoms with van der Waals surface area (Å²) in [6, 6.07) is 17.9. The van der Waals surface area contributed by atoms with Crippen LogP contribution in [-0.4, -0.2) is 29.7 Å². The predicted molar refractivity (Wildman–Crippen MR) is 164 cm³/mol. The molecule has 0 spiro atoms. The molecule has 1 aliphatic heterocycles. The second kappa shape index (κ2) is 13.0. The number of aliphatic hydroxyl groups is 1. The van der Waals surface area contributed by atoms with Crippen molar-refractivity contribution in [3.63, 3.8) is 0 Å². The molecule has 1 heterocycles. The third kappa shape index (κ3) is 7.36. The molecule has 0 radical (unpaired) electrons. The Labute approximate surface area is 264 Å². The van der Waals surface area contributed by atoms with Gasteiger partial charge in [-0.05, 0) is 49.6 Å². The van der Waals surface area contributed by atoms with E-state index >= 15 is 0 Å². The van der Waals surface area contributed by atoms with E-state index in [0.29, 0.717) is 24.0 Å². The second-order valence-corrected chi connectivity index (χ2v) is 12.4. The van der Waals surface area contributed by atoms with Gasteiger partial charge in [0, 0.05) is 43.0 Å². The van der Waals surface area contributed by atoms with Gasteiger partial charge in [-0.1, -0.05) is 79.6 Å². The SMILES string of the molecule is CC(NC(=O)C1CCCCC1)(c1ccccc1)c1cc(C(F)(F)F)cc(C(F)(F)F)c1N1CCC(O)(C#Cc2ccccc2)CC1. The number of rotatable bonds is 5. The van der Waals surface area contributed by atoms with Gasteiger partial charge < -0.3 is 15.3 Å². The minimum Gasteiger partial charge on any atom is -0.377 e. The fraction of sp³-hybridized carbons (Fsp3) is 0.417. The van der Waals surface area contributed by atoms with Crippen molar-refractivity contribution in [3.05, 3.63) is 101 Å². The Kier molecular flexibility index (Phi) is 9.46. The molecule has 1 atom stereocenters. The molecule has 3 aromatic carbocycles. The first-order valence-electron chi connectivity index (χ1n) is 15.5. The van der Waals surface area contributed by atoms with Gasteiger partial charge in [-0.15, -0.1) is 0 Å². The van der Waals surface area contributed by atoms with Crippen molar-refractivity contribution < 1.29 is 36.2 Å². The van der Waals surface area contributed by atoms with Crippen LogP contribution < -0.4 is 10.2 Å². The third-order valence-electron chi connectivity index (χ3n) is 9.10. The summed E-state index contributed by atoms with van der Waals surface area (Å²) in [6.45, 7) is 1.25. The van der Waals surface area contributed by atoms with E-state index in [4.69, 9.17) is 0 Å². The summed E-state index contributed by atoms with van der Waals surface area (Å²) in [5, 5.41) is 14.1. The number of nitrogens with zero attached hydrogens (tertiary/aromatic N) is 1. The van der Waals surface area contributed by atoms with Crippen LogP contribution in [0.3, 0.4) is 0 Å². The van der Waals surface area contributed by atoms with Crippen molar-refractivity contribution in [1.29, 1.82) is 0 Å². The number of piperidine rings is 1. The molecule has 1 amide bonds. The number of carbonyl (C=O) groups is 1. The molecule has 4 nitrogen and oxygen atoms in total. The maximum atomic E-state index is 14.8. The third-order valence-corrected chi connectivity index (χ3v) is 9.10. The van der Waals surface area contributed by atoms with Gasteiger partial charge in [-0.2, -0.15) is 26.3 Å². The Morgan fingerprint density at radius 3 is 1.96 bits per heavy atom. The highest BCUT2D eigenvalue weighted by Gasteiger charge is 2.46. The molecule has 1 saturated carbocycles.